The quantitative estimate of drug-likeness (QED) is 0.760. The summed E-state index contributed by atoms with van der Waals surface area (Å²) in [5.74, 6) is 1.25. The average Bonchev–Trinajstić information content (AvgIpc) is 2.66. The Kier molecular flexibility index (Phi) is 7.76. The Hall–Kier alpha value is -2.04. The number of hydrogen-bond donors (Lipinski definition) is 2. The summed E-state index contributed by atoms with van der Waals surface area (Å²) in [6.45, 7) is 3.43. The maximum Gasteiger partial charge on any atom is 0.223 e. The SMILES string of the molecule is CCCNC(=O)C1CCC(C(=O)NCCc2ccc(OC)cc2)CC1. The highest BCUT2D eigenvalue weighted by molar-refractivity contribution is 5.81. The third-order valence-electron chi connectivity index (χ3n) is 4.89. The van der Waals surface area contributed by atoms with Crippen LogP contribution in [0.1, 0.15) is 44.6 Å². The predicted molar refractivity (Wildman–Crippen MR) is 98.5 cm³/mol. The van der Waals surface area contributed by atoms with Crippen LogP contribution in [0.15, 0.2) is 24.3 Å². The summed E-state index contributed by atoms with van der Waals surface area (Å²) in [4.78, 5) is 24.3. The molecule has 138 valence electrons. The van der Waals surface area contributed by atoms with Crippen LogP contribution in [0.3, 0.4) is 0 Å². The predicted octanol–water partition coefficient (Wildman–Crippen LogP) is 2.69. The molecule has 0 heterocycles. The minimum Gasteiger partial charge on any atom is -0.497 e. The fourth-order valence-corrected chi connectivity index (χ4v) is 3.28. The summed E-state index contributed by atoms with van der Waals surface area (Å²) in [6, 6.07) is 7.90. The van der Waals surface area contributed by atoms with Gasteiger partial charge in [0.1, 0.15) is 5.75 Å². The van der Waals surface area contributed by atoms with E-state index < -0.39 is 0 Å². The summed E-state index contributed by atoms with van der Waals surface area (Å²) in [5.41, 5.74) is 1.18. The summed E-state index contributed by atoms with van der Waals surface area (Å²) in [7, 11) is 1.65. The van der Waals surface area contributed by atoms with Gasteiger partial charge < -0.3 is 15.4 Å². The van der Waals surface area contributed by atoms with Crippen molar-refractivity contribution in [1.29, 1.82) is 0 Å². The molecule has 1 fully saturated rings. The molecular weight excluding hydrogens is 316 g/mol. The van der Waals surface area contributed by atoms with Crippen LogP contribution in [0, 0.1) is 11.8 Å². The molecular formula is C20H30N2O3. The molecule has 0 unspecified atom stereocenters. The van der Waals surface area contributed by atoms with Gasteiger partial charge in [-0.25, -0.2) is 0 Å². The van der Waals surface area contributed by atoms with Gasteiger partial charge in [-0.15, -0.1) is 0 Å². The standard InChI is InChI=1S/C20H30N2O3/c1-3-13-21-19(23)16-6-8-17(9-7-16)20(24)22-14-12-15-4-10-18(25-2)11-5-15/h4-5,10-11,16-17H,3,6-9,12-14H2,1-2H3,(H,21,23)(H,22,24). The zero-order chi connectivity index (χ0) is 18.1. The third-order valence-corrected chi connectivity index (χ3v) is 4.89. The zero-order valence-electron chi connectivity index (χ0n) is 15.3. The second-order valence-corrected chi connectivity index (χ2v) is 6.73. The monoisotopic (exact) mass is 346 g/mol. The van der Waals surface area contributed by atoms with Gasteiger partial charge >= 0.3 is 0 Å². The number of hydrogen-bond acceptors (Lipinski definition) is 3. The third kappa shape index (κ3) is 6.07. The normalized spacial score (nSPS) is 19.9. The number of carbonyl (C=O) groups is 2. The van der Waals surface area contributed by atoms with Crippen molar-refractivity contribution in [3.8, 4) is 5.75 Å². The number of rotatable bonds is 8. The van der Waals surface area contributed by atoms with Gasteiger partial charge in [-0.1, -0.05) is 19.1 Å². The first-order valence-electron chi connectivity index (χ1n) is 9.32. The lowest BCUT2D eigenvalue weighted by molar-refractivity contribution is -0.130. The van der Waals surface area contributed by atoms with E-state index in [0.717, 1.165) is 50.8 Å². The highest BCUT2D eigenvalue weighted by Crippen LogP contribution is 2.29. The van der Waals surface area contributed by atoms with Gasteiger partial charge in [-0.2, -0.15) is 0 Å². The molecule has 5 heteroatoms. The van der Waals surface area contributed by atoms with Crippen LogP contribution < -0.4 is 15.4 Å². The van der Waals surface area contributed by atoms with E-state index in [-0.39, 0.29) is 23.7 Å². The average molecular weight is 346 g/mol. The highest BCUT2D eigenvalue weighted by Gasteiger charge is 2.29. The molecule has 1 aromatic rings. The van der Waals surface area contributed by atoms with Gasteiger partial charge in [0.15, 0.2) is 0 Å². The molecule has 1 saturated carbocycles. The number of nitrogens with one attached hydrogen (secondary N) is 2. The van der Waals surface area contributed by atoms with E-state index in [4.69, 9.17) is 4.74 Å². The first-order chi connectivity index (χ1) is 12.1. The van der Waals surface area contributed by atoms with Gasteiger partial charge in [-0.05, 0) is 56.2 Å². The molecule has 0 saturated heterocycles. The molecule has 1 aliphatic carbocycles. The van der Waals surface area contributed by atoms with Crippen molar-refractivity contribution in [2.75, 3.05) is 20.2 Å². The number of methoxy groups -OCH3 is 1. The molecule has 0 radical (unpaired) electrons. The molecule has 2 amide bonds. The van der Waals surface area contributed by atoms with Crippen LogP contribution in [-0.4, -0.2) is 32.0 Å². The maximum atomic E-state index is 12.3. The van der Waals surface area contributed by atoms with Crippen molar-refractivity contribution in [2.24, 2.45) is 11.8 Å². The van der Waals surface area contributed by atoms with Crippen LogP contribution in [0.25, 0.3) is 0 Å². The first kappa shape index (κ1) is 19.3. The molecule has 2 rings (SSSR count). The van der Waals surface area contributed by atoms with E-state index in [1.165, 1.54) is 5.56 Å². The van der Waals surface area contributed by atoms with Crippen molar-refractivity contribution < 1.29 is 14.3 Å². The second-order valence-electron chi connectivity index (χ2n) is 6.73. The number of benzene rings is 1. The molecule has 0 atom stereocenters. The van der Waals surface area contributed by atoms with E-state index in [9.17, 15) is 9.59 Å². The van der Waals surface area contributed by atoms with Crippen molar-refractivity contribution in [1.82, 2.24) is 10.6 Å². The number of carbonyl (C=O) groups excluding carboxylic acids is 2. The Morgan fingerprint density at radius 1 is 0.960 bits per heavy atom. The molecule has 1 aromatic carbocycles. The smallest absolute Gasteiger partial charge is 0.223 e. The Bertz CT molecular complexity index is 549. The Labute approximate surface area is 150 Å². The van der Waals surface area contributed by atoms with Gasteiger partial charge in [0, 0.05) is 24.9 Å². The Morgan fingerprint density at radius 3 is 1.96 bits per heavy atom. The minimum absolute atomic E-state index is 0.0473. The Morgan fingerprint density at radius 2 is 1.48 bits per heavy atom. The maximum absolute atomic E-state index is 12.3. The van der Waals surface area contributed by atoms with Crippen LogP contribution >= 0.6 is 0 Å². The van der Waals surface area contributed by atoms with Crippen LogP contribution in [0.5, 0.6) is 5.75 Å². The van der Waals surface area contributed by atoms with E-state index in [2.05, 4.69) is 10.6 Å². The summed E-state index contributed by atoms with van der Waals surface area (Å²) in [5, 5.41) is 6.00. The largest absolute Gasteiger partial charge is 0.497 e. The zero-order valence-corrected chi connectivity index (χ0v) is 15.3. The second kappa shape index (κ2) is 10.1. The van der Waals surface area contributed by atoms with Crippen molar-refractivity contribution in [3.05, 3.63) is 29.8 Å². The van der Waals surface area contributed by atoms with Gasteiger partial charge in [0.05, 0.1) is 7.11 Å². The van der Waals surface area contributed by atoms with Crippen molar-refractivity contribution in [2.45, 2.75) is 45.4 Å². The Balaban J connectivity index is 1.67. The summed E-state index contributed by atoms with van der Waals surface area (Å²) >= 11 is 0. The van der Waals surface area contributed by atoms with E-state index >= 15 is 0 Å². The summed E-state index contributed by atoms with van der Waals surface area (Å²) in [6.07, 6.45) is 5.00. The topological polar surface area (TPSA) is 67.4 Å². The van der Waals surface area contributed by atoms with E-state index in [1.807, 2.05) is 31.2 Å². The molecule has 0 aliphatic heterocycles. The molecule has 0 bridgehead atoms. The molecule has 5 nitrogen and oxygen atoms in total. The van der Waals surface area contributed by atoms with Crippen LogP contribution in [0.4, 0.5) is 0 Å². The minimum atomic E-state index is 0.0473. The molecule has 2 N–H and O–H groups in total. The van der Waals surface area contributed by atoms with Crippen molar-refractivity contribution >= 4 is 11.8 Å². The van der Waals surface area contributed by atoms with Crippen molar-refractivity contribution in [3.63, 3.8) is 0 Å². The lowest BCUT2D eigenvalue weighted by Crippen LogP contribution is -2.38. The number of ether oxygens (including phenoxy) is 1. The highest BCUT2D eigenvalue weighted by atomic mass is 16.5. The fraction of sp³-hybridized carbons (Fsp3) is 0.600. The van der Waals surface area contributed by atoms with Crippen LogP contribution in [-0.2, 0) is 16.0 Å². The first-order valence-corrected chi connectivity index (χ1v) is 9.32. The molecule has 25 heavy (non-hydrogen) atoms. The van der Waals surface area contributed by atoms with Gasteiger partial charge in [-0.3, -0.25) is 9.59 Å². The molecule has 0 aromatic heterocycles. The summed E-state index contributed by atoms with van der Waals surface area (Å²) < 4.78 is 5.14. The molecule has 1 aliphatic rings. The molecule has 0 spiro atoms. The number of amides is 2. The van der Waals surface area contributed by atoms with Gasteiger partial charge in [0.25, 0.3) is 0 Å². The van der Waals surface area contributed by atoms with E-state index in [0.29, 0.717) is 6.54 Å². The van der Waals surface area contributed by atoms with Crippen LogP contribution in [0.2, 0.25) is 0 Å². The fourth-order valence-electron chi connectivity index (χ4n) is 3.28. The van der Waals surface area contributed by atoms with E-state index in [1.54, 1.807) is 7.11 Å². The van der Waals surface area contributed by atoms with Gasteiger partial charge in [0.2, 0.25) is 11.8 Å². The lowest BCUT2D eigenvalue weighted by atomic mass is 9.81. The lowest BCUT2D eigenvalue weighted by Gasteiger charge is -2.27.